The van der Waals surface area contributed by atoms with Crippen molar-refractivity contribution in [2.24, 2.45) is 0 Å². The SMILES string of the molecule is C=C(C)N(C)c1c(N)ncnc1N(C=O)c1cccc(N(C)C)c1. The average molecular weight is 326 g/mol. The van der Waals surface area contributed by atoms with Gasteiger partial charge in [0, 0.05) is 32.5 Å². The summed E-state index contributed by atoms with van der Waals surface area (Å²) in [5.41, 5.74) is 8.97. The third-order valence-electron chi connectivity index (χ3n) is 3.70. The van der Waals surface area contributed by atoms with E-state index in [9.17, 15) is 4.79 Å². The van der Waals surface area contributed by atoms with Gasteiger partial charge in [0.15, 0.2) is 11.6 Å². The first-order valence-corrected chi connectivity index (χ1v) is 7.38. The molecule has 7 heteroatoms. The standard InChI is InChI=1S/C17H22N6O/c1-12(2)22(5)15-16(18)19-10-20-17(15)23(11-24)14-8-6-7-13(9-14)21(3)4/h6-11H,1H2,2-5H3,(H2,18,19,20). The molecule has 0 aliphatic carbocycles. The molecule has 0 radical (unpaired) electrons. The van der Waals surface area contributed by atoms with Crippen LogP contribution in [0.3, 0.4) is 0 Å². The van der Waals surface area contributed by atoms with Gasteiger partial charge >= 0.3 is 0 Å². The summed E-state index contributed by atoms with van der Waals surface area (Å²) in [7, 11) is 5.68. The lowest BCUT2D eigenvalue weighted by atomic mass is 10.2. The third kappa shape index (κ3) is 3.29. The Morgan fingerprint density at radius 1 is 1.21 bits per heavy atom. The number of aromatic nitrogens is 2. The molecule has 0 saturated heterocycles. The second kappa shape index (κ2) is 6.99. The fourth-order valence-electron chi connectivity index (χ4n) is 2.23. The van der Waals surface area contributed by atoms with Gasteiger partial charge in [0.2, 0.25) is 6.41 Å². The van der Waals surface area contributed by atoms with Crippen LogP contribution in [0.5, 0.6) is 0 Å². The van der Waals surface area contributed by atoms with E-state index in [0.29, 0.717) is 23.6 Å². The Labute approximate surface area is 142 Å². The average Bonchev–Trinajstić information content (AvgIpc) is 2.55. The molecule has 1 heterocycles. The first-order valence-electron chi connectivity index (χ1n) is 7.38. The fraction of sp³-hybridized carbons (Fsp3) is 0.235. The Balaban J connectivity index is 2.60. The van der Waals surface area contributed by atoms with Crippen molar-refractivity contribution in [3.63, 3.8) is 0 Å². The van der Waals surface area contributed by atoms with Crippen LogP contribution in [0.2, 0.25) is 0 Å². The summed E-state index contributed by atoms with van der Waals surface area (Å²) >= 11 is 0. The van der Waals surface area contributed by atoms with Crippen LogP contribution in [-0.4, -0.2) is 37.5 Å². The molecule has 0 bridgehead atoms. The van der Waals surface area contributed by atoms with E-state index in [2.05, 4.69) is 16.5 Å². The van der Waals surface area contributed by atoms with E-state index in [4.69, 9.17) is 5.73 Å². The molecule has 24 heavy (non-hydrogen) atoms. The van der Waals surface area contributed by atoms with E-state index in [1.807, 2.05) is 50.2 Å². The highest BCUT2D eigenvalue weighted by molar-refractivity contribution is 5.93. The molecule has 0 unspecified atom stereocenters. The van der Waals surface area contributed by atoms with Gasteiger partial charge in [-0.1, -0.05) is 12.6 Å². The Morgan fingerprint density at radius 2 is 1.88 bits per heavy atom. The topological polar surface area (TPSA) is 78.6 Å². The highest BCUT2D eigenvalue weighted by Gasteiger charge is 2.21. The van der Waals surface area contributed by atoms with Gasteiger partial charge in [0.25, 0.3) is 0 Å². The zero-order valence-corrected chi connectivity index (χ0v) is 14.4. The number of allylic oxidation sites excluding steroid dienone is 1. The van der Waals surface area contributed by atoms with Gasteiger partial charge in [0.1, 0.15) is 12.0 Å². The maximum absolute atomic E-state index is 11.8. The summed E-state index contributed by atoms with van der Waals surface area (Å²) in [4.78, 5) is 25.3. The van der Waals surface area contributed by atoms with Gasteiger partial charge < -0.3 is 15.5 Å². The molecule has 0 fully saturated rings. The normalized spacial score (nSPS) is 10.2. The number of carbonyl (C=O) groups excluding carboxylic acids is 1. The zero-order valence-electron chi connectivity index (χ0n) is 14.4. The second-order valence-corrected chi connectivity index (χ2v) is 5.62. The maximum Gasteiger partial charge on any atom is 0.219 e. The van der Waals surface area contributed by atoms with E-state index in [1.54, 1.807) is 11.9 Å². The Hall–Kier alpha value is -3.09. The van der Waals surface area contributed by atoms with Crippen molar-refractivity contribution in [3.05, 3.63) is 42.9 Å². The predicted molar refractivity (Wildman–Crippen MR) is 98.6 cm³/mol. The molecule has 1 aromatic heterocycles. The lowest BCUT2D eigenvalue weighted by Crippen LogP contribution is -2.23. The lowest BCUT2D eigenvalue weighted by molar-refractivity contribution is -0.106. The van der Waals surface area contributed by atoms with Crippen LogP contribution in [0, 0.1) is 0 Å². The van der Waals surface area contributed by atoms with Crippen LogP contribution in [-0.2, 0) is 4.79 Å². The van der Waals surface area contributed by atoms with Crippen LogP contribution < -0.4 is 20.4 Å². The van der Waals surface area contributed by atoms with Crippen LogP contribution in [0.4, 0.5) is 28.7 Å². The number of rotatable bonds is 6. The van der Waals surface area contributed by atoms with Crippen molar-refractivity contribution in [2.75, 3.05) is 41.6 Å². The highest BCUT2D eigenvalue weighted by Crippen LogP contribution is 2.36. The van der Waals surface area contributed by atoms with Gasteiger partial charge in [-0.25, -0.2) is 9.97 Å². The van der Waals surface area contributed by atoms with Crippen molar-refractivity contribution in [1.82, 2.24) is 9.97 Å². The molecule has 0 atom stereocenters. The van der Waals surface area contributed by atoms with E-state index >= 15 is 0 Å². The molecule has 7 nitrogen and oxygen atoms in total. The molecule has 0 spiro atoms. The number of nitrogens with two attached hydrogens (primary N) is 1. The number of nitrogen functional groups attached to an aromatic ring is 1. The molecule has 0 aliphatic heterocycles. The summed E-state index contributed by atoms with van der Waals surface area (Å²) in [6, 6.07) is 7.58. The summed E-state index contributed by atoms with van der Waals surface area (Å²) in [5.74, 6) is 0.681. The van der Waals surface area contributed by atoms with Crippen molar-refractivity contribution in [3.8, 4) is 0 Å². The molecular weight excluding hydrogens is 304 g/mol. The van der Waals surface area contributed by atoms with Crippen molar-refractivity contribution in [2.45, 2.75) is 6.92 Å². The zero-order chi connectivity index (χ0) is 17.9. The first kappa shape index (κ1) is 17.3. The van der Waals surface area contributed by atoms with Gasteiger partial charge in [-0.3, -0.25) is 9.69 Å². The highest BCUT2D eigenvalue weighted by atomic mass is 16.1. The van der Waals surface area contributed by atoms with E-state index in [-0.39, 0.29) is 5.82 Å². The fourth-order valence-corrected chi connectivity index (χ4v) is 2.23. The van der Waals surface area contributed by atoms with Crippen molar-refractivity contribution in [1.29, 1.82) is 0 Å². The van der Waals surface area contributed by atoms with E-state index < -0.39 is 0 Å². The van der Waals surface area contributed by atoms with Gasteiger partial charge in [-0.15, -0.1) is 0 Å². The van der Waals surface area contributed by atoms with Crippen LogP contribution in [0.25, 0.3) is 0 Å². The Morgan fingerprint density at radius 3 is 2.46 bits per heavy atom. The maximum atomic E-state index is 11.8. The number of hydrogen-bond acceptors (Lipinski definition) is 6. The molecule has 126 valence electrons. The van der Waals surface area contributed by atoms with Gasteiger partial charge in [0.05, 0.1) is 5.69 Å². The van der Waals surface area contributed by atoms with Crippen LogP contribution in [0.1, 0.15) is 6.92 Å². The minimum absolute atomic E-state index is 0.279. The number of nitrogens with zero attached hydrogens (tertiary/aromatic N) is 5. The first-order chi connectivity index (χ1) is 11.4. The minimum Gasteiger partial charge on any atom is -0.382 e. The minimum atomic E-state index is 0.279. The second-order valence-electron chi connectivity index (χ2n) is 5.62. The summed E-state index contributed by atoms with van der Waals surface area (Å²) in [5, 5.41) is 0. The number of carbonyl (C=O) groups is 1. The largest absolute Gasteiger partial charge is 0.382 e. The number of anilines is 5. The van der Waals surface area contributed by atoms with Crippen LogP contribution in [0.15, 0.2) is 42.9 Å². The smallest absolute Gasteiger partial charge is 0.219 e. The predicted octanol–water partition coefficient (Wildman–Crippen LogP) is 2.39. The molecule has 1 aromatic carbocycles. The van der Waals surface area contributed by atoms with Crippen LogP contribution >= 0.6 is 0 Å². The van der Waals surface area contributed by atoms with Gasteiger partial charge in [-0.2, -0.15) is 0 Å². The lowest BCUT2D eigenvalue weighted by Gasteiger charge is -2.27. The number of hydrogen-bond donors (Lipinski definition) is 1. The number of benzene rings is 1. The molecular formula is C17H22N6O. The molecule has 0 saturated carbocycles. The van der Waals surface area contributed by atoms with E-state index in [0.717, 1.165) is 11.4 Å². The number of amides is 1. The summed E-state index contributed by atoms with van der Waals surface area (Å²) in [6.45, 7) is 5.75. The summed E-state index contributed by atoms with van der Waals surface area (Å²) in [6.07, 6.45) is 2.05. The Kier molecular flexibility index (Phi) is 5.03. The molecule has 0 aliphatic rings. The van der Waals surface area contributed by atoms with Gasteiger partial charge in [-0.05, 0) is 25.1 Å². The summed E-state index contributed by atoms with van der Waals surface area (Å²) < 4.78 is 0. The molecule has 2 N–H and O–H groups in total. The quantitative estimate of drug-likeness (QED) is 0.821. The third-order valence-corrected chi connectivity index (χ3v) is 3.70. The molecule has 1 amide bonds. The monoisotopic (exact) mass is 326 g/mol. The van der Waals surface area contributed by atoms with Crippen molar-refractivity contribution >= 4 is 35.1 Å². The molecule has 2 rings (SSSR count). The van der Waals surface area contributed by atoms with Crippen molar-refractivity contribution < 1.29 is 4.79 Å². The van der Waals surface area contributed by atoms with E-state index in [1.165, 1.54) is 11.2 Å². The molecule has 2 aromatic rings. The Bertz CT molecular complexity index is 758.